The molecule has 134 valence electrons. The van der Waals surface area contributed by atoms with E-state index >= 15 is 0 Å². The Hall–Kier alpha value is -2.24. The number of hydrogen-bond acceptors (Lipinski definition) is 6. The van der Waals surface area contributed by atoms with E-state index in [1.54, 1.807) is 24.3 Å². The summed E-state index contributed by atoms with van der Waals surface area (Å²) in [7, 11) is 0. The number of benzene rings is 1. The molecule has 0 aliphatic rings. The van der Waals surface area contributed by atoms with Crippen LogP contribution in [0.4, 0.5) is 0 Å². The second kappa shape index (κ2) is 12.2. The van der Waals surface area contributed by atoms with Crippen molar-refractivity contribution in [3.05, 3.63) is 24.3 Å². The second-order valence-electron chi connectivity index (χ2n) is 5.11. The zero-order valence-corrected chi connectivity index (χ0v) is 14.4. The zero-order chi connectivity index (χ0) is 17.6. The van der Waals surface area contributed by atoms with Crippen LogP contribution < -0.4 is 9.47 Å². The molecule has 0 radical (unpaired) electrons. The fourth-order valence-electron chi connectivity index (χ4n) is 1.81. The molecule has 0 aliphatic carbocycles. The molecular formula is C18H26O6. The Morgan fingerprint density at radius 3 is 1.42 bits per heavy atom. The molecule has 0 saturated carbocycles. The average molecular weight is 338 g/mol. The smallest absolute Gasteiger partial charge is 0.305 e. The van der Waals surface area contributed by atoms with Crippen LogP contribution in [-0.2, 0) is 19.1 Å². The van der Waals surface area contributed by atoms with E-state index in [2.05, 4.69) is 0 Å². The summed E-state index contributed by atoms with van der Waals surface area (Å²) < 4.78 is 20.9. The Labute approximate surface area is 143 Å². The first kappa shape index (κ1) is 19.8. The van der Waals surface area contributed by atoms with Gasteiger partial charge in [-0.2, -0.15) is 0 Å². The van der Waals surface area contributed by atoms with Crippen LogP contribution in [0.15, 0.2) is 24.3 Å². The zero-order valence-electron chi connectivity index (χ0n) is 14.4. The summed E-state index contributed by atoms with van der Waals surface area (Å²) in [5.41, 5.74) is 0. The normalized spacial score (nSPS) is 10.1. The van der Waals surface area contributed by atoms with Crippen molar-refractivity contribution in [1.82, 2.24) is 0 Å². The molecule has 0 heterocycles. The van der Waals surface area contributed by atoms with Gasteiger partial charge in [-0.25, -0.2) is 0 Å². The van der Waals surface area contributed by atoms with Gasteiger partial charge < -0.3 is 18.9 Å². The van der Waals surface area contributed by atoms with Crippen molar-refractivity contribution < 1.29 is 28.5 Å². The lowest BCUT2D eigenvalue weighted by atomic mass is 10.3. The van der Waals surface area contributed by atoms with Gasteiger partial charge in [-0.15, -0.1) is 0 Å². The highest BCUT2D eigenvalue weighted by Gasteiger charge is 2.02. The van der Waals surface area contributed by atoms with E-state index in [0.29, 0.717) is 37.6 Å². The van der Waals surface area contributed by atoms with Crippen LogP contribution in [0.2, 0.25) is 0 Å². The molecule has 0 saturated heterocycles. The van der Waals surface area contributed by atoms with Gasteiger partial charge in [0.1, 0.15) is 37.9 Å². The standard InChI is InChI=1S/C18H26O6/c1-3-5-17(19)23-13-11-21-15-7-9-16(10-8-15)22-12-14-24-18(20)6-4-2/h7-10H,3-6,11-14H2,1-2H3. The van der Waals surface area contributed by atoms with E-state index in [-0.39, 0.29) is 25.2 Å². The molecule has 0 unspecified atom stereocenters. The first-order valence-corrected chi connectivity index (χ1v) is 8.32. The van der Waals surface area contributed by atoms with E-state index in [9.17, 15) is 9.59 Å². The van der Waals surface area contributed by atoms with Gasteiger partial charge >= 0.3 is 11.9 Å². The average Bonchev–Trinajstić information content (AvgIpc) is 2.57. The minimum atomic E-state index is -0.204. The fraction of sp³-hybridized carbons (Fsp3) is 0.556. The van der Waals surface area contributed by atoms with Gasteiger partial charge in [-0.1, -0.05) is 13.8 Å². The van der Waals surface area contributed by atoms with Gasteiger partial charge in [-0.05, 0) is 37.1 Å². The largest absolute Gasteiger partial charge is 0.490 e. The third-order valence-corrected chi connectivity index (χ3v) is 2.96. The van der Waals surface area contributed by atoms with Crippen molar-refractivity contribution in [3.63, 3.8) is 0 Å². The molecule has 6 nitrogen and oxygen atoms in total. The molecule has 0 bridgehead atoms. The Balaban J connectivity index is 2.16. The first-order valence-electron chi connectivity index (χ1n) is 8.32. The molecule has 24 heavy (non-hydrogen) atoms. The molecule has 0 atom stereocenters. The fourth-order valence-corrected chi connectivity index (χ4v) is 1.81. The third kappa shape index (κ3) is 9.02. The number of ether oxygens (including phenoxy) is 4. The number of carbonyl (C=O) groups is 2. The van der Waals surface area contributed by atoms with Crippen molar-refractivity contribution >= 4 is 11.9 Å². The molecule has 6 heteroatoms. The SMILES string of the molecule is CCCC(=O)OCCOc1ccc(OCCOC(=O)CCC)cc1. The molecule has 0 fully saturated rings. The van der Waals surface area contributed by atoms with E-state index in [4.69, 9.17) is 18.9 Å². The second-order valence-corrected chi connectivity index (χ2v) is 5.11. The van der Waals surface area contributed by atoms with Crippen LogP contribution in [0.5, 0.6) is 11.5 Å². The minimum absolute atomic E-state index is 0.204. The van der Waals surface area contributed by atoms with Gasteiger partial charge in [0.2, 0.25) is 0 Å². The maximum absolute atomic E-state index is 11.2. The summed E-state index contributed by atoms with van der Waals surface area (Å²) in [6.45, 7) is 4.94. The van der Waals surface area contributed by atoms with Crippen molar-refractivity contribution in [2.45, 2.75) is 39.5 Å². The molecular weight excluding hydrogens is 312 g/mol. The molecule has 0 aromatic heterocycles. The van der Waals surface area contributed by atoms with E-state index in [0.717, 1.165) is 12.8 Å². The van der Waals surface area contributed by atoms with E-state index < -0.39 is 0 Å². The van der Waals surface area contributed by atoms with E-state index in [1.165, 1.54) is 0 Å². The predicted octanol–water partition coefficient (Wildman–Crippen LogP) is 3.13. The number of rotatable bonds is 12. The Kier molecular flexibility index (Phi) is 10.1. The van der Waals surface area contributed by atoms with E-state index in [1.807, 2.05) is 13.8 Å². The molecule has 1 aromatic rings. The maximum Gasteiger partial charge on any atom is 0.305 e. The van der Waals surface area contributed by atoms with Crippen LogP contribution in [0.3, 0.4) is 0 Å². The van der Waals surface area contributed by atoms with Gasteiger partial charge in [0.25, 0.3) is 0 Å². The summed E-state index contributed by atoms with van der Waals surface area (Å²) in [5.74, 6) is 0.931. The first-order chi connectivity index (χ1) is 11.7. The van der Waals surface area contributed by atoms with Crippen LogP contribution in [0.25, 0.3) is 0 Å². The monoisotopic (exact) mass is 338 g/mol. The highest BCUT2D eigenvalue weighted by Crippen LogP contribution is 2.17. The van der Waals surface area contributed by atoms with Crippen LogP contribution in [0, 0.1) is 0 Å². The summed E-state index contributed by atoms with van der Waals surface area (Å²) >= 11 is 0. The molecule has 1 aromatic carbocycles. The van der Waals surface area contributed by atoms with Crippen LogP contribution >= 0.6 is 0 Å². The van der Waals surface area contributed by atoms with Gasteiger partial charge in [0.05, 0.1) is 0 Å². The van der Waals surface area contributed by atoms with Crippen molar-refractivity contribution in [2.75, 3.05) is 26.4 Å². The lowest BCUT2D eigenvalue weighted by Gasteiger charge is -2.09. The molecule has 1 rings (SSSR count). The summed E-state index contributed by atoms with van der Waals surface area (Å²) in [4.78, 5) is 22.4. The van der Waals surface area contributed by atoms with Gasteiger partial charge in [0, 0.05) is 12.8 Å². The van der Waals surface area contributed by atoms with Crippen molar-refractivity contribution in [3.8, 4) is 11.5 Å². The van der Waals surface area contributed by atoms with Crippen molar-refractivity contribution in [1.29, 1.82) is 0 Å². The summed E-state index contributed by atoms with van der Waals surface area (Å²) in [6, 6.07) is 7.08. The lowest BCUT2D eigenvalue weighted by molar-refractivity contribution is -0.145. The van der Waals surface area contributed by atoms with Gasteiger partial charge in [0.15, 0.2) is 0 Å². The van der Waals surface area contributed by atoms with Crippen molar-refractivity contribution in [2.24, 2.45) is 0 Å². The van der Waals surface area contributed by atoms with Gasteiger partial charge in [-0.3, -0.25) is 9.59 Å². The number of hydrogen-bond donors (Lipinski definition) is 0. The highest BCUT2D eigenvalue weighted by molar-refractivity contribution is 5.69. The quantitative estimate of drug-likeness (QED) is 0.431. The van der Waals surface area contributed by atoms with Crippen LogP contribution in [-0.4, -0.2) is 38.4 Å². The Morgan fingerprint density at radius 1 is 0.708 bits per heavy atom. The summed E-state index contributed by atoms with van der Waals surface area (Å²) in [6.07, 6.45) is 2.41. The maximum atomic E-state index is 11.2. The minimum Gasteiger partial charge on any atom is -0.490 e. The highest BCUT2D eigenvalue weighted by atomic mass is 16.6. The topological polar surface area (TPSA) is 71.1 Å². The number of carbonyl (C=O) groups excluding carboxylic acids is 2. The molecule has 0 amide bonds. The Morgan fingerprint density at radius 2 is 1.08 bits per heavy atom. The third-order valence-electron chi connectivity index (χ3n) is 2.96. The molecule has 0 N–H and O–H groups in total. The number of esters is 2. The predicted molar refractivity (Wildman–Crippen MR) is 89.2 cm³/mol. The van der Waals surface area contributed by atoms with Crippen LogP contribution in [0.1, 0.15) is 39.5 Å². The summed E-state index contributed by atoms with van der Waals surface area (Å²) in [5, 5.41) is 0. The Bertz CT molecular complexity index is 438. The molecule has 0 aliphatic heterocycles. The lowest BCUT2D eigenvalue weighted by Crippen LogP contribution is -2.12. The molecule has 0 spiro atoms.